The fraction of sp³-hybridized carbons (Fsp3) is 0.150. The molecule has 2 heterocycles. The third kappa shape index (κ3) is 4.44. The van der Waals surface area contributed by atoms with E-state index in [0.29, 0.717) is 41.8 Å². The van der Waals surface area contributed by atoms with Crippen LogP contribution in [0.4, 0.5) is 27.5 Å². The quantitative estimate of drug-likeness (QED) is 0.653. The summed E-state index contributed by atoms with van der Waals surface area (Å²) < 4.78 is 30.4. The van der Waals surface area contributed by atoms with Crippen LogP contribution in [0.3, 0.4) is 0 Å². The maximum atomic E-state index is 14.2. The average Bonchev–Trinajstić information content (AvgIpc) is 2.75. The van der Waals surface area contributed by atoms with Crippen molar-refractivity contribution in [1.29, 1.82) is 5.26 Å². The first-order valence-corrected chi connectivity index (χ1v) is 8.77. The third-order valence-electron chi connectivity index (χ3n) is 3.96. The van der Waals surface area contributed by atoms with Gasteiger partial charge in [0.2, 0.25) is 5.95 Å². The first-order valence-electron chi connectivity index (χ1n) is 8.77. The van der Waals surface area contributed by atoms with E-state index in [1.54, 1.807) is 42.5 Å². The van der Waals surface area contributed by atoms with Crippen molar-refractivity contribution in [1.82, 2.24) is 9.97 Å². The molecule has 0 radical (unpaired) electrons. The number of hydrogen-bond acceptors (Lipinski definition) is 8. The van der Waals surface area contributed by atoms with Crippen LogP contribution in [0.2, 0.25) is 0 Å². The molecule has 1 aliphatic rings. The molecule has 1 aromatic heterocycles. The van der Waals surface area contributed by atoms with Gasteiger partial charge in [-0.1, -0.05) is 0 Å². The molecule has 0 amide bonds. The molecule has 9 heteroatoms. The number of fused-ring (bicyclic) bond motifs is 1. The van der Waals surface area contributed by atoms with Gasteiger partial charge in [0.1, 0.15) is 25.0 Å². The normalized spacial score (nSPS) is 12.0. The maximum absolute atomic E-state index is 14.2. The standard InChI is InChI=1S/C20H16FN5O3/c21-16-12-23-20(25-14-3-6-17-18(11-14)29-10-9-28-17)26-19(16)24-13-1-4-15(5-2-13)27-8-7-22/h1-6,11-12H,8-10H2,(H2,23,24,25,26). The summed E-state index contributed by atoms with van der Waals surface area (Å²) in [5.74, 6) is 1.49. The van der Waals surface area contributed by atoms with Crippen LogP contribution < -0.4 is 24.8 Å². The Morgan fingerprint density at radius 1 is 1.03 bits per heavy atom. The highest BCUT2D eigenvalue weighted by molar-refractivity contribution is 5.63. The van der Waals surface area contributed by atoms with Gasteiger partial charge in [-0.25, -0.2) is 9.37 Å². The molecule has 0 aliphatic carbocycles. The van der Waals surface area contributed by atoms with E-state index < -0.39 is 5.82 Å². The summed E-state index contributed by atoms with van der Waals surface area (Å²) in [6.07, 6.45) is 1.08. The molecule has 0 bridgehead atoms. The first-order chi connectivity index (χ1) is 14.2. The summed E-state index contributed by atoms with van der Waals surface area (Å²) in [4.78, 5) is 8.17. The molecular formula is C20H16FN5O3. The fourth-order valence-electron chi connectivity index (χ4n) is 2.65. The Hall–Kier alpha value is -4.06. The Kier molecular flexibility index (Phi) is 5.25. The molecule has 29 heavy (non-hydrogen) atoms. The number of benzene rings is 2. The number of halogens is 1. The van der Waals surface area contributed by atoms with Crippen molar-refractivity contribution >= 4 is 23.1 Å². The average molecular weight is 393 g/mol. The van der Waals surface area contributed by atoms with Crippen molar-refractivity contribution in [3.63, 3.8) is 0 Å². The number of aromatic nitrogens is 2. The minimum absolute atomic E-state index is 0.0192. The Labute approximate surface area is 165 Å². The number of hydrogen-bond donors (Lipinski definition) is 2. The zero-order valence-electron chi connectivity index (χ0n) is 15.2. The summed E-state index contributed by atoms with van der Waals surface area (Å²) in [6, 6.07) is 14.0. The minimum atomic E-state index is -0.595. The molecule has 8 nitrogen and oxygen atoms in total. The molecule has 2 aromatic carbocycles. The number of nitrogens with zero attached hydrogens (tertiary/aromatic N) is 3. The van der Waals surface area contributed by atoms with Crippen LogP contribution >= 0.6 is 0 Å². The molecule has 0 fully saturated rings. The number of anilines is 4. The van der Waals surface area contributed by atoms with Crippen LogP contribution in [0.25, 0.3) is 0 Å². The predicted molar refractivity (Wildman–Crippen MR) is 104 cm³/mol. The van der Waals surface area contributed by atoms with Gasteiger partial charge in [-0.05, 0) is 36.4 Å². The van der Waals surface area contributed by atoms with Crippen LogP contribution in [-0.4, -0.2) is 29.8 Å². The molecule has 4 rings (SSSR count). The lowest BCUT2D eigenvalue weighted by molar-refractivity contribution is 0.171. The molecule has 0 unspecified atom stereocenters. The van der Waals surface area contributed by atoms with Gasteiger partial charge >= 0.3 is 0 Å². The molecule has 0 spiro atoms. The van der Waals surface area contributed by atoms with E-state index in [1.807, 2.05) is 6.07 Å². The van der Waals surface area contributed by atoms with Crippen molar-refractivity contribution in [2.75, 3.05) is 30.5 Å². The van der Waals surface area contributed by atoms with Crippen molar-refractivity contribution in [3.8, 4) is 23.3 Å². The summed E-state index contributed by atoms with van der Waals surface area (Å²) in [5, 5.41) is 14.5. The van der Waals surface area contributed by atoms with Crippen molar-refractivity contribution < 1.29 is 18.6 Å². The van der Waals surface area contributed by atoms with Crippen LogP contribution in [-0.2, 0) is 0 Å². The second-order valence-corrected chi connectivity index (χ2v) is 5.97. The van der Waals surface area contributed by atoms with E-state index in [2.05, 4.69) is 20.6 Å². The van der Waals surface area contributed by atoms with Gasteiger partial charge in [-0.15, -0.1) is 0 Å². The van der Waals surface area contributed by atoms with Crippen LogP contribution in [0, 0.1) is 17.1 Å². The smallest absolute Gasteiger partial charge is 0.229 e. The molecule has 1 aliphatic heterocycles. The summed E-state index contributed by atoms with van der Waals surface area (Å²) in [5.41, 5.74) is 1.29. The van der Waals surface area contributed by atoms with E-state index in [4.69, 9.17) is 19.5 Å². The van der Waals surface area contributed by atoms with Gasteiger partial charge in [0.15, 0.2) is 29.7 Å². The van der Waals surface area contributed by atoms with Crippen molar-refractivity contribution in [3.05, 3.63) is 54.5 Å². The van der Waals surface area contributed by atoms with Crippen molar-refractivity contribution in [2.45, 2.75) is 0 Å². The SMILES string of the molecule is N#CCOc1ccc(Nc2nc(Nc3ccc4c(c3)OCCO4)ncc2F)cc1. The van der Waals surface area contributed by atoms with E-state index in [-0.39, 0.29) is 18.4 Å². The second kappa shape index (κ2) is 8.31. The molecular weight excluding hydrogens is 377 g/mol. The second-order valence-electron chi connectivity index (χ2n) is 5.97. The Balaban J connectivity index is 1.48. The topological polar surface area (TPSA) is 101 Å². The molecule has 0 atom stereocenters. The van der Waals surface area contributed by atoms with Gasteiger partial charge in [-0.3, -0.25) is 0 Å². The highest BCUT2D eigenvalue weighted by Gasteiger charge is 2.13. The number of ether oxygens (including phenoxy) is 3. The first kappa shape index (κ1) is 18.3. The zero-order valence-corrected chi connectivity index (χ0v) is 15.2. The third-order valence-corrected chi connectivity index (χ3v) is 3.96. The van der Waals surface area contributed by atoms with Crippen LogP contribution in [0.1, 0.15) is 0 Å². The van der Waals surface area contributed by atoms with Gasteiger partial charge in [0.25, 0.3) is 0 Å². The van der Waals surface area contributed by atoms with E-state index in [9.17, 15) is 4.39 Å². The van der Waals surface area contributed by atoms with E-state index in [0.717, 1.165) is 6.20 Å². The number of rotatable bonds is 6. The van der Waals surface area contributed by atoms with Crippen molar-refractivity contribution in [2.24, 2.45) is 0 Å². The highest BCUT2D eigenvalue weighted by Crippen LogP contribution is 2.33. The summed E-state index contributed by atoms with van der Waals surface area (Å²) in [7, 11) is 0. The summed E-state index contributed by atoms with van der Waals surface area (Å²) in [6.45, 7) is 0.960. The lowest BCUT2D eigenvalue weighted by Gasteiger charge is -2.19. The molecule has 0 saturated carbocycles. The maximum Gasteiger partial charge on any atom is 0.229 e. The summed E-state index contributed by atoms with van der Waals surface area (Å²) >= 11 is 0. The van der Waals surface area contributed by atoms with Crippen LogP contribution in [0.5, 0.6) is 17.2 Å². The Morgan fingerprint density at radius 2 is 1.79 bits per heavy atom. The fourth-order valence-corrected chi connectivity index (χ4v) is 2.65. The lowest BCUT2D eigenvalue weighted by atomic mass is 10.2. The number of nitriles is 1. The van der Waals surface area contributed by atoms with Gasteiger partial charge in [0, 0.05) is 17.4 Å². The monoisotopic (exact) mass is 393 g/mol. The lowest BCUT2D eigenvalue weighted by Crippen LogP contribution is -2.15. The zero-order chi connectivity index (χ0) is 20.1. The Morgan fingerprint density at radius 3 is 2.59 bits per heavy atom. The van der Waals surface area contributed by atoms with Crippen LogP contribution in [0.15, 0.2) is 48.7 Å². The Bertz CT molecular complexity index is 1050. The highest BCUT2D eigenvalue weighted by atomic mass is 19.1. The molecule has 3 aromatic rings. The van der Waals surface area contributed by atoms with E-state index >= 15 is 0 Å². The largest absolute Gasteiger partial charge is 0.486 e. The predicted octanol–water partition coefficient (Wildman–Crippen LogP) is 3.78. The van der Waals surface area contributed by atoms with Gasteiger partial charge in [-0.2, -0.15) is 10.2 Å². The number of nitrogens with one attached hydrogen (secondary N) is 2. The minimum Gasteiger partial charge on any atom is -0.486 e. The molecule has 146 valence electrons. The molecule has 0 saturated heterocycles. The van der Waals surface area contributed by atoms with Gasteiger partial charge < -0.3 is 24.8 Å². The van der Waals surface area contributed by atoms with E-state index in [1.165, 1.54) is 0 Å². The van der Waals surface area contributed by atoms with Gasteiger partial charge in [0.05, 0.1) is 6.20 Å². The molecule has 2 N–H and O–H groups in total.